The monoisotopic (exact) mass is 362 g/mol. The van der Waals surface area contributed by atoms with Crippen LogP contribution in [0.25, 0.3) is 22.0 Å². The van der Waals surface area contributed by atoms with E-state index in [1.54, 1.807) is 13.2 Å². The molecular formula is C22H20NO4+. The summed E-state index contributed by atoms with van der Waals surface area (Å²) in [6.07, 6.45) is 4.84. The van der Waals surface area contributed by atoms with Crippen LogP contribution in [0.4, 0.5) is 0 Å². The average Bonchev–Trinajstić information content (AvgIpc) is 3.16. The average molecular weight is 362 g/mol. The lowest BCUT2D eigenvalue weighted by molar-refractivity contribution is -0.686. The summed E-state index contributed by atoms with van der Waals surface area (Å²) in [7, 11) is 1.66. The zero-order valence-electron chi connectivity index (χ0n) is 15.2. The lowest BCUT2D eigenvalue weighted by Gasteiger charge is -2.17. The van der Waals surface area contributed by atoms with Crippen molar-refractivity contribution in [1.82, 2.24) is 0 Å². The van der Waals surface area contributed by atoms with Crippen LogP contribution in [0.5, 0.6) is 23.0 Å². The predicted octanol–water partition coefficient (Wildman–Crippen LogP) is 3.65. The van der Waals surface area contributed by atoms with Crippen molar-refractivity contribution < 1.29 is 23.5 Å². The van der Waals surface area contributed by atoms with E-state index in [-0.39, 0.29) is 0 Å². The fourth-order valence-electron chi connectivity index (χ4n) is 3.85. The molecular weight excluding hydrogens is 342 g/mol. The van der Waals surface area contributed by atoms with E-state index in [9.17, 15) is 0 Å². The molecule has 0 fully saturated rings. The van der Waals surface area contributed by atoms with Crippen molar-refractivity contribution in [3.8, 4) is 34.3 Å². The number of rotatable bonds is 4. The Morgan fingerprint density at radius 1 is 1.19 bits per heavy atom. The van der Waals surface area contributed by atoms with Gasteiger partial charge in [0, 0.05) is 12.5 Å². The van der Waals surface area contributed by atoms with Crippen molar-refractivity contribution in [2.24, 2.45) is 0 Å². The van der Waals surface area contributed by atoms with Gasteiger partial charge in [0.1, 0.15) is 6.61 Å². The molecule has 2 aliphatic rings. The minimum Gasteiger partial charge on any atom is -0.493 e. The predicted molar refractivity (Wildman–Crippen MR) is 102 cm³/mol. The summed E-state index contributed by atoms with van der Waals surface area (Å²) in [6, 6.07) is 10.4. The number of benzene rings is 2. The summed E-state index contributed by atoms with van der Waals surface area (Å²) in [4.78, 5) is 0. The largest absolute Gasteiger partial charge is 0.493 e. The molecule has 0 bridgehead atoms. The van der Waals surface area contributed by atoms with Gasteiger partial charge in [-0.25, -0.2) is 0 Å². The van der Waals surface area contributed by atoms with Crippen molar-refractivity contribution in [2.75, 3.05) is 20.5 Å². The molecule has 2 aliphatic heterocycles. The maximum absolute atomic E-state index is 5.92. The molecule has 0 aliphatic carbocycles. The molecule has 5 nitrogen and oxygen atoms in total. The molecule has 0 radical (unpaired) electrons. The molecule has 0 unspecified atom stereocenters. The van der Waals surface area contributed by atoms with Gasteiger partial charge in [-0.05, 0) is 35.2 Å². The van der Waals surface area contributed by atoms with Gasteiger partial charge in [0.2, 0.25) is 12.5 Å². The number of fused-ring (bicyclic) bond motifs is 5. The van der Waals surface area contributed by atoms with Gasteiger partial charge in [-0.2, -0.15) is 4.57 Å². The second-order valence-corrected chi connectivity index (χ2v) is 6.66. The third kappa shape index (κ3) is 2.50. The molecule has 0 spiro atoms. The molecule has 5 rings (SSSR count). The minimum atomic E-state index is 0.291. The molecule has 2 aromatic carbocycles. The number of hydrogen-bond donors (Lipinski definition) is 0. The van der Waals surface area contributed by atoms with Crippen molar-refractivity contribution in [3.63, 3.8) is 0 Å². The zero-order chi connectivity index (χ0) is 18.4. The standard InChI is InChI=1S/C22H20NO4/c1-3-8-25-22-17-12-23-7-6-15-10-20-21(27-13-26-20)11-16(15)18(23)9-14(17)4-5-19(22)24-2/h3-5,9-12H,1,6-8,13H2,2H3/q+1. The Bertz CT molecular complexity index is 1070. The Hall–Kier alpha value is -3.21. The minimum absolute atomic E-state index is 0.291. The number of pyridine rings is 1. The second-order valence-electron chi connectivity index (χ2n) is 6.66. The second kappa shape index (κ2) is 6.20. The Labute approximate surface area is 157 Å². The summed E-state index contributed by atoms with van der Waals surface area (Å²) < 4.78 is 24.8. The summed E-state index contributed by atoms with van der Waals surface area (Å²) in [5.74, 6) is 3.13. The molecule has 136 valence electrons. The van der Waals surface area contributed by atoms with Gasteiger partial charge in [-0.3, -0.25) is 0 Å². The summed E-state index contributed by atoms with van der Waals surface area (Å²) in [5, 5.41) is 2.13. The summed E-state index contributed by atoms with van der Waals surface area (Å²) in [5.41, 5.74) is 3.65. The first kappa shape index (κ1) is 16.0. The van der Waals surface area contributed by atoms with Crippen molar-refractivity contribution in [1.29, 1.82) is 0 Å². The highest BCUT2D eigenvalue weighted by atomic mass is 16.7. The maximum atomic E-state index is 5.92. The molecule has 3 aromatic rings. The molecule has 0 saturated carbocycles. The van der Waals surface area contributed by atoms with Crippen LogP contribution in [0.2, 0.25) is 0 Å². The van der Waals surface area contributed by atoms with Crippen LogP contribution in [-0.2, 0) is 13.0 Å². The zero-order valence-corrected chi connectivity index (χ0v) is 15.2. The Kier molecular flexibility index (Phi) is 3.67. The number of aryl methyl sites for hydroxylation is 2. The van der Waals surface area contributed by atoms with E-state index in [2.05, 4.69) is 41.6 Å². The van der Waals surface area contributed by atoms with Crippen LogP contribution in [0, 0.1) is 0 Å². The van der Waals surface area contributed by atoms with Gasteiger partial charge in [-0.15, -0.1) is 0 Å². The molecule has 5 heteroatoms. The van der Waals surface area contributed by atoms with Crippen molar-refractivity contribution >= 4 is 10.8 Å². The highest BCUT2D eigenvalue weighted by Crippen LogP contribution is 2.41. The van der Waals surface area contributed by atoms with Gasteiger partial charge in [-0.1, -0.05) is 12.7 Å². The number of ether oxygens (including phenoxy) is 4. The third-order valence-corrected chi connectivity index (χ3v) is 5.14. The fourth-order valence-corrected chi connectivity index (χ4v) is 3.85. The molecule has 27 heavy (non-hydrogen) atoms. The quantitative estimate of drug-likeness (QED) is 0.525. The Morgan fingerprint density at radius 2 is 2.04 bits per heavy atom. The lowest BCUT2D eigenvalue weighted by Crippen LogP contribution is -2.40. The fraction of sp³-hybridized carbons (Fsp3) is 0.227. The summed E-state index contributed by atoms with van der Waals surface area (Å²) >= 11 is 0. The SMILES string of the molecule is C=CCOc1c(OC)ccc2cc3[n+](cc12)CCc1cc2c(cc1-3)OCO2. The van der Waals surface area contributed by atoms with Crippen molar-refractivity contribution in [3.05, 3.63) is 54.7 Å². The van der Waals surface area contributed by atoms with Crippen LogP contribution in [0.1, 0.15) is 5.56 Å². The lowest BCUT2D eigenvalue weighted by atomic mass is 9.95. The molecule has 0 saturated heterocycles. The summed E-state index contributed by atoms with van der Waals surface area (Å²) in [6.45, 7) is 5.37. The third-order valence-electron chi connectivity index (χ3n) is 5.14. The topological polar surface area (TPSA) is 40.8 Å². The van der Waals surface area contributed by atoms with Gasteiger partial charge in [0.05, 0.1) is 18.1 Å². The normalized spacial score (nSPS) is 13.8. The van der Waals surface area contributed by atoms with Gasteiger partial charge in [0.15, 0.2) is 35.7 Å². The van der Waals surface area contributed by atoms with E-state index in [1.807, 2.05) is 6.07 Å². The van der Waals surface area contributed by atoms with Gasteiger partial charge >= 0.3 is 0 Å². The molecule has 3 heterocycles. The molecule has 0 atom stereocenters. The van der Waals surface area contributed by atoms with E-state index in [1.165, 1.54) is 16.8 Å². The number of hydrogen-bond acceptors (Lipinski definition) is 4. The Morgan fingerprint density at radius 3 is 2.85 bits per heavy atom. The van der Waals surface area contributed by atoms with Gasteiger partial charge < -0.3 is 18.9 Å². The van der Waals surface area contributed by atoms with Gasteiger partial charge in [0.25, 0.3) is 0 Å². The van der Waals surface area contributed by atoms with E-state index >= 15 is 0 Å². The Balaban J connectivity index is 1.70. The molecule has 0 amide bonds. The number of aromatic nitrogens is 1. The maximum Gasteiger partial charge on any atom is 0.231 e. The smallest absolute Gasteiger partial charge is 0.231 e. The van der Waals surface area contributed by atoms with E-state index in [0.717, 1.165) is 46.7 Å². The first-order chi connectivity index (χ1) is 13.3. The first-order valence-corrected chi connectivity index (χ1v) is 8.99. The molecule has 0 N–H and O–H groups in total. The molecule has 1 aromatic heterocycles. The van der Waals surface area contributed by atoms with E-state index in [0.29, 0.717) is 13.4 Å². The number of nitrogens with zero attached hydrogens (tertiary/aromatic N) is 1. The highest BCUT2D eigenvalue weighted by molar-refractivity contribution is 5.91. The van der Waals surface area contributed by atoms with Crippen LogP contribution < -0.4 is 23.5 Å². The van der Waals surface area contributed by atoms with Crippen LogP contribution in [-0.4, -0.2) is 20.5 Å². The highest BCUT2D eigenvalue weighted by Gasteiger charge is 2.28. The van der Waals surface area contributed by atoms with Crippen molar-refractivity contribution in [2.45, 2.75) is 13.0 Å². The van der Waals surface area contributed by atoms with Crippen LogP contribution in [0.15, 0.2) is 49.2 Å². The number of methoxy groups -OCH3 is 1. The van der Waals surface area contributed by atoms with Crippen LogP contribution >= 0.6 is 0 Å². The van der Waals surface area contributed by atoms with E-state index < -0.39 is 0 Å². The van der Waals surface area contributed by atoms with Crippen LogP contribution in [0.3, 0.4) is 0 Å². The first-order valence-electron chi connectivity index (χ1n) is 8.99. The van der Waals surface area contributed by atoms with E-state index in [4.69, 9.17) is 18.9 Å².